The van der Waals surface area contributed by atoms with Crippen LogP contribution in [0.1, 0.15) is 55.3 Å². The van der Waals surface area contributed by atoms with E-state index in [9.17, 15) is 19.2 Å². The van der Waals surface area contributed by atoms with Gasteiger partial charge in [-0.25, -0.2) is 9.59 Å². The minimum atomic E-state index is -0.845. The van der Waals surface area contributed by atoms with E-state index in [1.54, 1.807) is 13.8 Å². The topological polar surface area (TPSA) is 98.8 Å². The summed E-state index contributed by atoms with van der Waals surface area (Å²) in [5.74, 6) is -2.95. The molecule has 0 saturated carbocycles. The molecule has 1 aliphatic heterocycles. The summed E-state index contributed by atoms with van der Waals surface area (Å²) in [4.78, 5) is 47.4. The van der Waals surface area contributed by atoms with Crippen molar-refractivity contribution in [3.05, 3.63) is 34.4 Å². The lowest BCUT2D eigenvalue weighted by atomic mass is 9.97. The van der Waals surface area contributed by atoms with Crippen molar-refractivity contribution in [1.82, 2.24) is 5.32 Å². The lowest BCUT2D eigenvalue weighted by Gasteiger charge is -2.11. The van der Waals surface area contributed by atoms with E-state index in [2.05, 4.69) is 5.32 Å². The summed E-state index contributed by atoms with van der Waals surface area (Å²) in [6.45, 7) is 3.39. The highest BCUT2D eigenvalue weighted by atomic mass is 16.5. The van der Waals surface area contributed by atoms with Gasteiger partial charge >= 0.3 is 11.9 Å². The molecule has 1 heterocycles. The molecule has 1 N–H and O–H groups in total. The Balaban J connectivity index is 2.65. The Kier molecular flexibility index (Phi) is 4.02. The fourth-order valence-corrected chi connectivity index (χ4v) is 2.05. The molecule has 0 unspecified atom stereocenters. The number of hydrogen-bond acceptors (Lipinski definition) is 6. The average molecular weight is 291 g/mol. The molecule has 0 aromatic heterocycles. The van der Waals surface area contributed by atoms with Gasteiger partial charge in [0.1, 0.15) is 0 Å². The van der Waals surface area contributed by atoms with Crippen molar-refractivity contribution in [2.24, 2.45) is 0 Å². The van der Waals surface area contributed by atoms with Crippen molar-refractivity contribution in [1.29, 1.82) is 0 Å². The predicted octanol–water partition coefficient (Wildman–Crippen LogP) is 0.924. The summed E-state index contributed by atoms with van der Waals surface area (Å²) >= 11 is 0. The third-order valence-electron chi connectivity index (χ3n) is 2.88. The number of nitrogens with one attached hydrogen (secondary N) is 1. The minimum Gasteiger partial charge on any atom is -0.462 e. The highest BCUT2D eigenvalue weighted by Crippen LogP contribution is 2.25. The lowest BCUT2D eigenvalue weighted by Crippen LogP contribution is -2.22. The third kappa shape index (κ3) is 2.49. The van der Waals surface area contributed by atoms with Crippen LogP contribution < -0.4 is 5.32 Å². The molecule has 0 spiro atoms. The second kappa shape index (κ2) is 5.74. The Bertz CT molecular complexity index is 649. The van der Waals surface area contributed by atoms with E-state index in [-0.39, 0.29) is 35.5 Å². The normalized spacial score (nSPS) is 12.7. The number of ether oxygens (including phenoxy) is 2. The van der Waals surface area contributed by atoms with E-state index in [0.717, 1.165) is 0 Å². The predicted molar refractivity (Wildman–Crippen MR) is 70.2 cm³/mol. The van der Waals surface area contributed by atoms with Gasteiger partial charge in [0.2, 0.25) is 0 Å². The van der Waals surface area contributed by atoms with Gasteiger partial charge in [-0.1, -0.05) is 0 Å². The molecule has 0 saturated heterocycles. The number of rotatable bonds is 4. The molecule has 110 valence electrons. The highest BCUT2D eigenvalue weighted by Gasteiger charge is 2.35. The summed E-state index contributed by atoms with van der Waals surface area (Å²) in [6.07, 6.45) is 0. The van der Waals surface area contributed by atoms with E-state index < -0.39 is 23.8 Å². The van der Waals surface area contributed by atoms with E-state index >= 15 is 0 Å². The molecule has 21 heavy (non-hydrogen) atoms. The molecule has 2 amide bonds. The van der Waals surface area contributed by atoms with Crippen LogP contribution in [0.15, 0.2) is 12.1 Å². The first-order chi connectivity index (χ1) is 10.0. The van der Waals surface area contributed by atoms with Gasteiger partial charge in [-0.3, -0.25) is 14.9 Å². The van der Waals surface area contributed by atoms with Crippen LogP contribution >= 0.6 is 0 Å². The van der Waals surface area contributed by atoms with Gasteiger partial charge in [-0.2, -0.15) is 0 Å². The number of carbonyl (C=O) groups excluding carboxylic acids is 4. The number of amides is 2. The van der Waals surface area contributed by atoms with Crippen LogP contribution in [0.2, 0.25) is 0 Å². The zero-order valence-corrected chi connectivity index (χ0v) is 11.5. The molecule has 7 heteroatoms. The SMILES string of the molecule is CCOC(=O)c1ccc2c(c1C(=O)OCC)C(=O)NC2=O. The van der Waals surface area contributed by atoms with Crippen molar-refractivity contribution in [2.45, 2.75) is 13.8 Å². The Morgan fingerprint density at radius 2 is 1.62 bits per heavy atom. The summed E-state index contributed by atoms with van der Waals surface area (Å²) in [7, 11) is 0. The van der Waals surface area contributed by atoms with Gasteiger partial charge in [0.15, 0.2) is 0 Å². The first kappa shape index (κ1) is 14.7. The van der Waals surface area contributed by atoms with Crippen LogP contribution in [-0.2, 0) is 9.47 Å². The van der Waals surface area contributed by atoms with Crippen molar-refractivity contribution in [2.75, 3.05) is 13.2 Å². The monoisotopic (exact) mass is 291 g/mol. The van der Waals surface area contributed by atoms with E-state index in [1.165, 1.54) is 12.1 Å². The minimum absolute atomic E-state index is 0.0381. The summed E-state index contributed by atoms with van der Waals surface area (Å²) < 4.78 is 9.72. The molecule has 1 aromatic carbocycles. The zero-order valence-electron chi connectivity index (χ0n) is 11.5. The third-order valence-corrected chi connectivity index (χ3v) is 2.88. The Labute approximate surface area is 120 Å². The maximum Gasteiger partial charge on any atom is 0.339 e. The van der Waals surface area contributed by atoms with Crippen molar-refractivity contribution in [3.63, 3.8) is 0 Å². The van der Waals surface area contributed by atoms with Gasteiger partial charge in [0, 0.05) is 0 Å². The number of imide groups is 1. The molecule has 0 bridgehead atoms. The summed E-state index contributed by atoms with van der Waals surface area (Å²) in [6, 6.07) is 2.59. The average Bonchev–Trinajstić information content (AvgIpc) is 2.73. The Morgan fingerprint density at radius 1 is 1.00 bits per heavy atom. The first-order valence-corrected chi connectivity index (χ1v) is 6.38. The van der Waals surface area contributed by atoms with Crippen molar-refractivity contribution < 1.29 is 28.7 Å². The molecule has 0 radical (unpaired) electrons. The lowest BCUT2D eigenvalue weighted by molar-refractivity contribution is 0.0477. The van der Waals surface area contributed by atoms with Crippen molar-refractivity contribution in [3.8, 4) is 0 Å². The smallest absolute Gasteiger partial charge is 0.339 e. The number of hydrogen-bond donors (Lipinski definition) is 1. The van der Waals surface area contributed by atoms with Gasteiger partial charge in [0.05, 0.1) is 35.5 Å². The van der Waals surface area contributed by atoms with Crippen LogP contribution in [0, 0.1) is 0 Å². The molecule has 1 aromatic rings. The molecule has 0 fully saturated rings. The van der Waals surface area contributed by atoms with E-state index in [4.69, 9.17) is 9.47 Å². The maximum absolute atomic E-state index is 12.1. The number of benzene rings is 1. The van der Waals surface area contributed by atoms with Gasteiger partial charge < -0.3 is 9.47 Å². The van der Waals surface area contributed by atoms with Crippen LogP contribution in [0.3, 0.4) is 0 Å². The maximum atomic E-state index is 12.1. The van der Waals surface area contributed by atoms with Crippen LogP contribution in [0.4, 0.5) is 0 Å². The molecule has 2 rings (SSSR count). The Morgan fingerprint density at radius 3 is 2.24 bits per heavy atom. The van der Waals surface area contributed by atoms with Crippen LogP contribution in [0.25, 0.3) is 0 Å². The van der Waals surface area contributed by atoms with Crippen molar-refractivity contribution >= 4 is 23.8 Å². The number of esters is 2. The molecule has 0 atom stereocenters. The summed E-state index contributed by atoms with van der Waals surface area (Å²) in [5, 5.41) is 2.08. The molecular weight excluding hydrogens is 278 g/mol. The standard InChI is InChI=1S/C14H13NO6/c1-3-20-13(18)8-6-5-7-9(12(17)15-11(7)16)10(8)14(19)21-4-2/h5-6H,3-4H2,1-2H3,(H,15,16,17). The quantitative estimate of drug-likeness (QED) is 0.654. The van der Waals surface area contributed by atoms with Crippen LogP contribution in [-0.4, -0.2) is 37.0 Å². The zero-order chi connectivity index (χ0) is 15.6. The molecule has 1 aliphatic rings. The fraction of sp³-hybridized carbons (Fsp3) is 0.286. The number of fused-ring (bicyclic) bond motifs is 1. The fourth-order valence-electron chi connectivity index (χ4n) is 2.05. The molecular formula is C14H13NO6. The van der Waals surface area contributed by atoms with E-state index in [0.29, 0.717) is 0 Å². The number of carbonyl (C=O) groups is 4. The summed E-state index contributed by atoms with van der Waals surface area (Å²) in [5.41, 5.74) is -0.449. The second-order valence-corrected chi connectivity index (χ2v) is 4.13. The van der Waals surface area contributed by atoms with E-state index in [1.807, 2.05) is 0 Å². The second-order valence-electron chi connectivity index (χ2n) is 4.13. The van der Waals surface area contributed by atoms with Crippen LogP contribution in [0.5, 0.6) is 0 Å². The largest absolute Gasteiger partial charge is 0.462 e. The molecule has 0 aliphatic carbocycles. The molecule has 7 nitrogen and oxygen atoms in total. The van der Waals surface area contributed by atoms with Gasteiger partial charge in [-0.15, -0.1) is 0 Å². The highest BCUT2D eigenvalue weighted by molar-refractivity contribution is 6.26. The first-order valence-electron chi connectivity index (χ1n) is 6.38. The van der Waals surface area contributed by atoms with Gasteiger partial charge in [0.25, 0.3) is 11.8 Å². The van der Waals surface area contributed by atoms with Gasteiger partial charge in [-0.05, 0) is 26.0 Å². The Hall–Kier alpha value is -2.70.